The number of nitrogens with zero attached hydrogens (tertiary/aromatic N) is 3. The fourth-order valence-electron chi connectivity index (χ4n) is 16.8. The predicted molar refractivity (Wildman–Crippen MR) is 406 cm³/mol. The molecular weight excluding hydrogens is 1150 g/mol. The second-order valence-electron chi connectivity index (χ2n) is 29.5. The highest BCUT2D eigenvalue weighted by Crippen LogP contribution is 2.57. The molecule has 10 aromatic carbocycles. The minimum atomic E-state index is -0.299. The van der Waals surface area contributed by atoms with Gasteiger partial charge in [-0.1, -0.05) is 219 Å². The number of aryl methyl sites for hydroxylation is 1. The monoisotopic (exact) mass is 1230 g/mol. The second-order valence-corrected chi connectivity index (χ2v) is 29.5. The summed E-state index contributed by atoms with van der Waals surface area (Å²) < 4.78 is 2.65. The predicted octanol–water partition coefficient (Wildman–Crippen LogP) is 25.0. The lowest BCUT2D eigenvalue weighted by molar-refractivity contribution is 0.593. The second kappa shape index (κ2) is 21.9. The number of hydrogen-bond donors (Lipinski definition) is 0. The molecule has 16 rings (SSSR count). The van der Waals surface area contributed by atoms with Gasteiger partial charge in [0.2, 0.25) is 0 Å². The Hall–Kier alpha value is -10.2. The molecule has 466 valence electrons. The van der Waals surface area contributed by atoms with E-state index < -0.39 is 0 Å². The fourth-order valence-corrected chi connectivity index (χ4v) is 16.8. The van der Waals surface area contributed by atoms with E-state index in [1.165, 1.54) is 144 Å². The van der Waals surface area contributed by atoms with Gasteiger partial charge in [0, 0.05) is 67.1 Å². The Labute approximate surface area is 562 Å². The van der Waals surface area contributed by atoms with Gasteiger partial charge in [-0.05, 0) is 249 Å². The van der Waals surface area contributed by atoms with Crippen LogP contribution in [0, 0.1) is 6.92 Å². The van der Waals surface area contributed by atoms with Crippen LogP contribution < -0.4 is 9.80 Å². The van der Waals surface area contributed by atoms with E-state index in [2.05, 4.69) is 347 Å². The van der Waals surface area contributed by atoms with Gasteiger partial charge < -0.3 is 14.4 Å². The molecule has 0 saturated heterocycles. The van der Waals surface area contributed by atoms with Crippen molar-refractivity contribution in [1.82, 2.24) is 4.57 Å². The first-order chi connectivity index (χ1) is 45.8. The van der Waals surface area contributed by atoms with Crippen LogP contribution in [-0.2, 0) is 21.7 Å². The molecule has 0 radical (unpaired) electrons. The van der Waals surface area contributed by atoms with Gasteiger partial charge in [-0.2, -0.15) is 0 Å². The molecule has 0 fully saturated rings. The molecule has 1 aromatic heterocycles. The third kappa shape index (κ3) is 9.28. The number of benzene rings is 10. The highest BCUT2D eigenvalue weighted by atomic mass is 15.1. The van der Waals surface area contributed by atoms with Gasteiger partial charge in [0.15, 0.2) is 0 Å². The molecule has 3 heterocycles. The Morgan fingerprint density at radius 1 is 0.474 bits per heavy atom. The Morgan fingerprint density at radius 3 is 1.64 bits per heavy atom. The smallest absolute Gasteiger partial charge is 0.0582 e. The third-order valence-corrected chi connectivity index (χ3v) is 22.4. The lowest BCUT2D eigenvalue weighted by Crippen LogP contribution is -2.33. The maximum Gasteiger partial charge on any atom is 0.0582 e. The molecule has 3 nitrogen and oxygen atoms in total. The van der Waals surface area contributed by atoms with Gasteiger partial charge in [0.05, 0.1) is 16.7 Å². The van der Waals surface area contributed by atoms with Crippen molar-refractivity contribution in [2.75, 3.05) is 9.80 Å². The molecule has 0 bridgehead atoms. The zero-order valence-corrected chi connectivity index (χ0v) is 57.1. The van der Waals surface area contributed by atoms with Crippen molar-refractivity contribution in [3.05, 3.63) is 328 Å². The van der Waals surface area contributed by atoms with Gasteiger partial charge in [0.1, 0.15) is 0 Å². The van der Waals surface area contributed by atoms with Crippen molar-refractivity contribution >= 4 is 55.7 Å². The molecule has 0 amide bonds. The van der Waals surface area contributed by atoms with E-state index >= 15 is 0 Å². The van der Waals surface area contributed by atoms with Gasteiger partial charge >= 0.3 is 0 Å². The molecule has 0 saturated carbocycles. The van der Waals surface area contributed by atoms with Gasteiger partial charge in [-0.3, -0.25) is 0 Å². The maximum atomic E-state index is 4.33. The van der Waals surface area contributed by atoms with Crippen LogP contribution in [0.1, 0.15) is 145 Å². The summed E-state index contributed by atoms with van der Waals surface area (Å²) in [4.78, 5) is 4.78. The van der Waals surface area contributed by atoms with Crippen molar-refractivity contribution in [2.45, 2.75) is 118 Å². The Balaban J connectivity index is 0.781. The number of allylic oxidation sites excluding steroid dienone is 11. The molecule has 0 spiro atoms. The van der Waals surface area contributed by atoms with Gasteiger partial charge in [-0.25, -0.2) is 0 Å². The number of anilines is 4. The highest BCUT2D eigenvalue weighted by molar-refractivity contribution is 6.16. The minimum absolute atomic E-state index is 0.0308. The number of para-hydroxylation sites is 1. The van der Waals surface area contributed by atoms with Gasteiger partial charge in [0.25, 0.3) is 0 Å². The average molecular weight is 1230 g/mol. The number of aromatic nitrogens is 1. The van der Waals surface area contributed by atoms with E-state index in [0.717, 1.165) is 46.7 Å². The molecular formula is C92H83N3. The van der Waals surface area contributed by atoms with Crippen LogP contribution in [0.3, 0.4) is 0 Å². The standard InChI is InChI=1S/C92H83N3/c1-14-21-60(47-48-93(71-25-18-23-57(3)49-71)68-39-31-61(32-40-68)65-38-46-76-74-27-16-17-28-79(74)90(8,9)83(76)54-65)66-51-77-78-52-67(56-85-87(78)95-86(77)84(55-66)91(10,11)80-29-20-30-81(88(80)95)92(85,12)13)63-35-43-70(44-36-63)94(72-26-19-24-58(4)50-72)69-41-33-62(34-42-69)64-37-45-75-73(22-15-2)59(5)89(6,7)82(75)53-64/h14-18,20-23,25-56H,1,19,24H2,2-13H3/b22-15-,48-47?,60-21+. The van der Waals surface area contributed by atoms with Crippen molar-refractivity contribution in [2.24, 2.45) is 0 Å². The largest absolute Gasteiger partial charge is 0.317 e. The summed E-state index contributed by atoms with van der Waals surface area (Å²) in [6.07, 6.45) is 20.0. The van der Waals surface area contributed by atoms with E-state index in [0.29, 0.717) is 0 Å². The summed E-state index contributed by atoms with van der Waals surface area (Å²) in [5.41, 5.74) is 37.5. The van der Waals surface area contributed by atoms with E-state index in [4.69, 9.17) is 0 Å². The maximum absolute atomic E-state index is 4.33. The van der Waals surface area contributed by atoms with Crippen LogP contribution in [-0.4, -0.2) is 4.57 Å². The molecule has 0 unspecified atom stereocenters. The van der Waals surface area contributed by atoms with Crippen LogP contribution in [0.4, 0.5) is 22.7 Å². The van der Waals surface area contributed by atoms with E-state index in [9.17, 15) is 0 Å². The summed E-state index contributed by atoms with van der Waals surface area (Å²) in [6, 6.07) is 76.5. The SMILES string of the molecule is C=C/C=C(\C=CN(c1ccc(-c2ccc3c(c2)C(C)(C)c2ccccc2-3)cc1)c1cccc(C)c1)c1cc2c3c(c1)c1cc(-c4ccc(N(C5=CCCC(C)=C5)c5ccc(-c6ccc7c(c6)C(C)(C)C(C)=C7/C=C\C)cc5)cc4)cc4c1n3-c1c(cccc1C4(C)C)C2(C)C. The summed E-state index contributed by atoms with van der Waals surface area (Å²) in [7, 11) is 0. The third-order valence-electron chi connectivity index (χ3n) is 22.4. The van der Waals surface area contributed by atoms with Crippen LogP contribution in [0.5, 0.6) is 0 Å². The molecule has 3 heteroatoms. The summed E-state index contributed by atoms with van der Waals surface area (Å²) in [5.74, 6) is 0. The normalized spacial score (nSPS) is 16.6. The summed E-state index contributed by atoms with van der Waals surface area (Å²) >= 11 is 0. The molecule has 2 aliphatic heterocycles. The first-order valence-electron chi connectivity index (χ1n) is 34.2. The minimum Gasteiger partial charge on any atom is -0.317 e. The Morgan fingerprint density at radius 2 is 1.01 bits per heavy atom. The first-order valence-corrected chi connectivity index (χ1v) is 34.2. The van der Waals surface area contributed by atoms with Crippen molar-refractivity contribution in [1.29, 1.82) is 0 Å². The number of rotatable bonds is 13. The summed E-state index contributed by atoms with van der Waals surface area (Å²) in [6.45, 7) is 32.4. The van der Waals surface area contributed by atoms with E-state index in [1.807, 2.05) is 6.08 Å². The van der Waals surface area contributed by atoms with Crippen LogP contribution in [0.15, 0.2) is 272 Å². The zero-order chi connectivity index (χ0) is 65.6. The van der Waals surface area contributed by atoms with Crippen LogP contribution >= 0.6 is 0 Å². The van der Waals surface area contributed by atoms with E-state index in [1.54, 1.807) is 0 Å². The number of hydrogen-bond acceptors (Lipinski definition) is 2. The van der Waals surface area contributed by atoms with Crippen molar-refractivity contribution < 1.29 is 0 Å². The van der Waals surface area contributed by atoms with Crippen LogP contribution in [0.2, 0.25) is 0 Å². The quantitative estimate of drug-likeness (QED) is 0.107. The average Bonchev–Trinajstić information content (AvgIpc) is 1.56. The highest BCUT2D eigenvalue weighted by Gasteiger charge is 2.44. The molecule has 11 aromatic rings. The first kappa shape index (κ1) is 59.8. The zero-order valence-electron chi connectivity index (χ0n) is 57.1. The van der Waals surface area contributed by atoms with Gasteiger partial charge in [-0.15, -0.1) is 0 Å². The molecule has 5 aliphatic rings. The molecule has 95 heavy (non-hydrogen) atoms. The van der Waals surface area contributed by atoms with Crippen molar-refractivity contribution in [3.8, 4) is 50.2 Å². The van der Waals surface area contributed by atoms with Crippen LogP contribution in [0.25, 0.3) is 83.1 Å². The molecule has 0 atom stereocenters. The fraction of sp³-hybridized carbons (Fsp3) is 0.196. The van der Waals surface area contributed by atoms with E-state index in [-0.39, 0.29) is 21.7 Å². The Kier molecular flexibility index (Phi) is 13.8. The topological polar surface area (TPSA) is 11.4 Å². The lowest BCUT2D eigenvalue weighted by atomic mass is 9.68. The Bertz CT molecular complexity index is 5260. The molecule has 3 aliphatic carbocycles. The number of fused-ring (bicyclic) bond motifs is 5. The summed E-state index contributed by atoms with van der Waals surface area (Å²) in [5, 5.41) is 2.54. The molecule has 0 N–H and O–H groups in total. The lowest BCUT2D eigenvalue weighted by Gasteiger charge is -2.42. The van der Waals surface area contributed by atoms with Crippen molar-refractivity contribution in [3.63, 3.8) is 0 Å².